The van der Waals surface area contributed by atoms with Crippen molar-refractivity contribution in [3.8, 4) is 0 Å². The molecule has 130 valence electrons. The molecule has 1 saturated heterocycles. The Hall–Kier alpha value is -2.38. The molecule has 0 spiro atoms. The van der Waals surface area contributed by atoms with Gasteiger partial charge in [-0.05, 0) is 36.4 Å². The highest BCUT2D eigenvalue weighted by Crippen LogP contribution is 2.26. The van der Waals surface area contributed by atoms with E-state index in [1.165, 1.54) is 0 Å². The van der Waals surface area contributed by atoms with Crippen molar-refractivity contribution in [2.75, 3.05) is 11.9 Å². The summed E-state index contributed by atoms with van der Waals surface area (Å²) < 4.78 is 7.55. The number of H-pyrrole nitrogens is 1. The molecule has 1 aromatic carbocycles. The Morgan fingerprint density at radius 3 is 3.20 bits per heavy atom. The van der Waals surface area contributed by atoms with Crippen LogP contribution in [-0.4, -0.2) is 32.3 Å². The maximum atomic E-state index is 12.2. The van der Waals surface area contributed by atoms with Crippen molar-refractivity contribution in [2.45, 2.75) is 31.9 Å². The highest BCUT2D eigenvalue weighted by Gasteiger charge is 2.21. The molecule has 0 unspecified atom stereocenters. The summed E-state index contributed by atoms with van der Waals surface area (Å²) >= 11 is 6.05. The lowest BCUT2D eigenvalue weighted by molar-refractivity contribution is -0.116. The first-order valence-electron chi connectivity index (χ1n) is 8.27. The van der Waals surface area contributed by atoms with E-state index in [0.717, 1.165) is 30.4 Å². The van der Waals surface area contributed by atoms with E-state index < -0.39 is 0 Å². The SMILES string of the molecule is O=C(CCn1ccc2ccc(Cl)cc21)Nc1n[nH]c([C@@H]2CCCO2)n1. The first-order valence-corrected chi connectivity index (χ1v) is 8.65. The van der Waals surface area contributed by atoms with Crippen molar-refractivity contribution in [2.24, 2.45) is 0 Å². The number of ether oxygens (including phenoxy) is 1. The lowest BCUT2D eigenvalue weighted by atomic mass is 10.2. The number of hydrogen-bond donors (Lipinski definition) is 2. The minimum absolute atomic E-state index is 0.0471. The van der Waals surface area contributed by atoms with Crippen LogP contribution in [-0.2, 0) is 16.1 Å². The zero-order chi connectivity index (χ0) is 17.2. The van der Waals surface area contributed by atoms with E-state index in [0.29, 0.717) is 23.8 Å². The molecule has 0 aliphatic carbocycles. The average Bonchev–Trinajstić information content (AvgIpc) is 3.33. The van der Waals surface area contributed by atoms with Gasteiger partial charge >= 0.3 is 0 Å². The van der Waals surface area contributed by atoms with Crippen LogP contribution in [0.25, 0.3) is 10.9 Å². The maximum absolute atomic E-state index is 12.2. The van der Waals surface area contributed by atoms with Crippen LogP contribution in [0.3, 0.4) is 0 Å². The number of aryl methyl sites for hydroxylation is 1. The van der Waals surface area contributed by atoms with E-state index >= 15 is 0 Å². The molecule has 0 bridgehead atoms. The van der Waals surface area contributed by atoms with Crippen molar-refractivity contribution < 1.29 is 9.53 Å². The molecule has 0 saturated carbocycles. The van der Waals surface area contributed by atoms with Crippen LogP contribution < -0.4 is 5.32 Å². The number of amides is 1. The van der Waals surface area contributed by atoms with Crippen LogP contribution >= 0.6 is 11.6 Å². The third-order valence-electron chi connectivity index (χ3n) is 4.30. The van der Waals surface area contributed by atoms with E-state index in [1.54, 1.807) is 0 Å². The number of rotatable bonds is 5. The Bertz CT molecular complexity index is 897. The van der Waals surface area contributed by atoms with Crippen molar-refractivity contribution >= 4 is 34.4 Å². The zero-order valence-corrected chi connectivity index (χ0v) is 14.3. The minimum atomic E-state index is -0.137. The fraction of sp³-hybridized carbons (Fsp3) is 0.353. The molecule has 3 heterocycles. The predicted molar refractivity (Wildman–Crippen MR) is 94.5 cm³/mol. The smallest absolute Gasteiger partial charge is 0.248 e. The number of carbonyl (C=O) groups is 1. The van der Waals surface area contributed by atoms with E-state index in [2.05, 4.69) is 20.5 Å². The summed E-state index contributed by atoms with van der Waals surface area (Å²) in [4.78, 5) is 16.5. The van der Waals surface area contributed by atoms with Gasteiger partial charge in [0.25, 0.3) is 0 Å². The number of carbonyl (C=O) groups excluding carboxylic acids is 1. The molecule has 1 fully saturated rings. The summed E-state index contributed by atoms with van der Waals surface area (Å²) in [6.07, 6.45) is 4.17. The molecule has 4 rings (SSSR count). The minimum Gasteiger partial charge on any atom is -0.370 e. The molecule has 3 aromatic rings. The van der Waals surface area contributed by atoms with Gasteiger partial charge in [0.15, 0.2) is 5.82 Å². The summed E-state index contributed by atoms with van der Waals surface area (Å²) in [7, 11) is 0. The van der Waals surface area contributed by atoms with Crippen LogP contribution in [0.2, 0.25) is 5.02 Å². The molecule has 0 radical (unpaired) electrons. The molecule has 1 aliphatic heterocycles. The third kappa shape index (κ3) is 3.52. The van der Waals surface area contributed by atoms with Gasteiger partial charge in [-0.15, -0.1) is 5.10 Å². The van der Waals surface area contributed by atoms with Crippen LogP contribution in [0.5, 0.6) is 0 Å². The Kier molecular flexibility index (Phi) is 4.42. The van der Waals surface area contributed by atoms with Crippen LogP contribution in [0.15, 0.2) is 30.5 Å². The van der Waals surface area contributed by atoms with Crippen molar-refractivity contribution in [3.05, 3.63) is 41.3 Å². The molecule has 2 N–H and O–H groups in total. The lowest BCUT2D eigenvalue weighted by Gasteiger charge is -2.06. The third-order valence-corrected chi connectivity index (χ3v) is 4.54. The summed E-state index contributed by atoms with van der Waals surface area (Å²) in [5, 5.41) is 11.4. The van der Waals surface area contributed by atoms with E-state index in [9.17, 15) is 4.79 Å². The molecular formula is C17H18ClN5O2. The van der Waals surface area contributed by atoms with Gasteiger partial charge < -0.3 is 9.30 Å². The molecule has 8 heteroatoms. The van der Waals surface area contributed by atoms with E-state index in [1.807, 2.05) is 35.0 Å². The Morgan fingerprint density at radius 1 is 1.44 bits per heavy atom. The first-order chi connectivity index (χ1) is 12.2. The molecule has 7 nitrogen and oxygen atoms in total. The highest BCUT2D eigenvalue weighted by molar-refractivity contribution is 6.31. The molecule has 25 heavy (non-hydrogen) atoms. The second-order valence-electron chi connectivity index (χ2n) is 6.06. The summed E-state index contributed by atoms with van der Waals surface area (Å²) in [5.41, 5.74) is 1.01. The monoisotopic (exact) mass is 359 g/mol. The van der Waals surface area contributed by atoms with Crippen LogP contribution in [0.1, 0.15) is 31.2 Å². The number of aromatic amines is 1. The highest BCUT2D eigenvalue weighted by atomic mass is 35.5. The van der Waals surface area contributed by atoms with Gasteiger partial charge in [0.05, 0.1) is 0 Å². The molecular weight excluding hydrogens is 342 g/mol. The van der Waals surface area contributed by atoms with Gasteiger partial charge in [0, 0.05) is 36.3 Å². The quantitative estimate of drug-likeness (QED) is 0.732. The maximum Gasteiger partial charge on any atom is 0.248 e. The van der Waals surface area contributed by atoms with E-state index in [-0.39, 0.29) is 18.0 Å². The standard InChI is InChI=1S/C17H18ClN5O2/c18-12-4-3-11-5-7-23(13(11)10-12)8-6-15(24)19-17-20-16(21-22-17)14-2-1-9-25-14/h3-5,7,10,14H,1-2,6,8-9H2,(H2,19,20,21,22,24)/t14-/m0/s1. The normalized spacial score (nSPS) is 17.2. The van der Waals surface area contributed by atoms with Gasteiger partial charge in [-0.25, -0.2) is 0 Å². The molecule has 1 amide bonds. The number of halogens is 1. The second kappa shape index (κ2) is 6.85. The lowest BCUT2D eigenvalue weighted by Crippen LogP contribution is -2.15. The van der Waals surface area contributed by atoms with Crippen LogP contribution in [0.4, 0.5) is 5.95 Å². The van der Waals surface area contributed by atoms with Gasteiger partial charge in [-0.3, -0.25) is 15.2 Å². The van der Waals surface area contributed by atoms with Crippen molar-refractivity contribution in [3.63, 3.8) is 0 Å². The second-order valence-corrected chi connectivity index (χ2v) is 6.49. The fourth-order valence-electron chi connectivity index (χ4n) is 3.03. The summed E-state index contributed by atoms with van der Waals surface area (Å²) in [6, 6.07) is 7.73. The summed E-state index contributed by atoms with van der Waals surface area (Å²) in [6.45, 7) is 1.29. The number of aromatic nitrogens is 4. The number of fused-ring (bicyclic) bond motifs is 1. The topological polar surface area (TPSA) is 84.8 Å². The Labute approximate surface area is 149 Å². The van der Waals surface area contributed by atoms with Gasteiger partial charge in [0.2, 0.25) is 11.9 Å². The number of benzene rings is 1. The predicted octanol–water partition coefficient (Wildman–Crippen LogP) is 3.29. The molecule has 2 aromatic heterocycles. The zero-order valence-electron chi connectivity index (χ0n) is 13.5. The van der Waals surface area contributed by atoms with Gasteiger partial charge in [-0.1, -0.05) is 17.7 Å². The Balaban J connectivity index is 1.36. The van der Waals surface area contributed by atoms with Gasteiger partial charge in [-0.2, -0.15) is 4.98 Å². The van der Waals surface area contributed by atoms with Crippen molar-refractivity contribution in [1.82, 2.24) is 19.7 Å². The van der Waals surface area contributed by atoms with Crippen LogP contribution in [0, 0.1) is 0 Å². The van der Waals surface area contributed by atoms with E-state index in [4.69, 9.17) is 16.3 Å². The summed E-state index contributed by atoms with van der Waals surface area (Å²) in [5.74, 6) is 0.816. The average molecular weight is 360 g/mol. The van der Waals surface area contributed by atoms with Crippen molar-refractivity contribution in [1.29, 1.82) is 0 Å². The fourth-order valence-corrected chi connectivity index (χ4v) is 3.20. The Morgan fingerprint density at radius 2 is 2.36 bits per heavy atom. The number of nitrogens with zero attached hydrogens (tertiary/aromatic N) is 3. The number of anilines is 1. The van der Waals surface area contributed by atoms with Gasteiger partial charge in [0.1, 0.15) is 6.10 Å². The number of hydrogen-bond acceptors (Lipinski definition) is 4. The first kappa shape index (κ1) is 16.1. The number of nitrogens with one attached hydrogen (secondary N) is 2. The molecule has 1 atom stereocenters. The molecule has 1 aliphatic rings. The largest absolute Gasteiger partial charge is 0.370 e.